The minimum atomic E-state index is -0.0715. The second-order valence-corrected chi connectivity index (χ2v) is 6.92. The highest BCUT2D eigenvalue weighted by Crippen LogP contribution is 2.37. The van der Waals surface area contributed by atoms with E-state index in [1.807, 2.05) is 11.9 Å². The number of anilines is 1. The van der Waals surface area contributed by atoms with Crippen LogP contribution >= 0.6 is 11.6 Å². The molecule has 110 valence electrons. The van der Waals surface area contributed by atoms with Gasteiger partial charge in [-0.1, -0.05) is 31.5 Å². The van der Waals surface area contributed by atoms with Gasteiger partial charge in [-0.15, -0.1) is 0 Å². The number of rotatable bonds is 2. The third-order valence-corrected chi connectivity index (χ3v) is 4.75. The maximum absolute atomic E-state index is 12.6. The van der Waals surface area contributed by atoms with Gasteiger partial charge in [0, 0.05) is 18.8 Å². The van der Waals surface area contributed by atoms with Gasteiger partial charge in [0.15, 0.2) is 0 Å². The van der Waals surface area contributed by atoms with E-state index in [1.54, 1.807) is 18.2 Å². The Morgan fingerprint density at radius 3 is 2.50 bits per heavy atom. The van der Waals surface area contributed by atoms with E-state index in [9.17, 15) is 4.79 Å². The zero-order chi connectivity index (χ0) is 14.9. The van der Waals surface area contributed by atoms with Crippen molar-refractivity contribution in [2.45, 2.75) is 45.6 Å². The van der Waals surface area contributed by atoms with E-state index in [-0.39, 0.29) is 11.9 Å². The molecule has 0 unspecified atom stereocenters. The molecule has 1 aromatic carbocycles. The Morgan fingerprint density at radius 2 is 1.95 bits per heavy atom. The van der Waals surface area contributed by atoms with Gasteiger partial charge in [-0.3, -0.25) is 4.79 Å². The number of hydrogen-bond acceptors (Lipinski definition) is 2. The standard InChI is InChI=1S/C16H23ClN2O/c1-16(2)9-7-11(8-10-16)19(3)15(20)14-12(17)5-4-6-13(14)18/h4-6,11H,7-10,18H2,1-3H3. The lowest BCUT2D eigenvalue weighted by Gasteiger charge is -2.38. The lowest BCUT2D eigenvalue weighted by Crippen LogP contribution is -2.41. The number of nitrogen functional groups attached to an aromatic ring is 1. The second-order valence-electron chi connectivity index (χ2n) is 6.52. The molecule has 1 aromatic rings. The van der Waals surface area contributed by atoms with Crippen LogP contribution in [0, 0.1) is 5.41 Å². The molecule has 2 rings (SSSR count). The summed E-state index contributed by atoms with van der Waals surface area (Å²) in [6, 6.07) is 5.48. The summed E-state index contributed by atoms with van der Waals surface area (Å²) in [5.74, 6) is -0.0715. The highest BCUT2D eigenvalue weighted by molar-refractivity contribution is 6.34. The van der Waals surface area contributed by atoms with Crippen molar-refractivity contribution < 1.29 is 4.79 Å². The number of hydrogen-bond donors (Lipinski definition) is 1. The van der Waals surface area contributed by atoms with Gasteiger partial charge < -0.3 is 10.6 Å². The van der Waals surface area contributed by atoms with Crippen LogP contribution in [0.2, 0.25) is 5.02 Å². The van der Waals surface area contributed by atoms with Gasteiger partial charge in [-0.25, -0.2) is 0 Å². The molecule has 1 fully saturated rings. The first-order valence-electron chi connectivity index (χ1n) is 7.13. The molecular formula is C16H23ClN2O. The summed E-state index contributed by atoms with van der Waals surface area (Å²) in [4.78, 5) is 14.4. The second kappa shape index (κ2) is 5.65. The van der Waals surface area contributed by atoms with E-state index >= 15 is 0 Å². The Hall–Kier alpha value is -1.22. The van der Waals surface area contributed by atoms with Crippen molar-refractivity contribution in [2.24, 2.45) is 5.41 Å². The van der Waals surface area contributed by atoms with Crippen molar-refractivity contribution in [1.29, 1.82) is 0 Å². The molecule has 0 aliphatic heterocycles. The Morgan fingerprint density at radius 1 is 1.35 bits per heavy atom. The molecule has 2 N–H and O–H groups in total. The lowest BCUT2D eigenvalue weighted by atomic mass is 9.75. The monoisotopic (exact) mass is 294 g/mol. The molecule has 1 amide bonds. The first-order valence-corrected chi connectivity index (χ1v) is 7.51. The molecule has 0 aromatic heterocycles. The number of nitrogens with zero attached hydrogens (tertiary/aromatic N) is 1. The number of benzene rings is 1. The molecule has 1 aliphatic rings. The van der Waals surface area contributed by atoms with Crippen molar-refractivity contribution >= 4 is 23.2 Å². The summed E-state index contributed by atoms with van der Waals surface area (Å²) < 4.78 is 0. The van der Waals surface area contributed by atoms with E-state index in [0.29, 0.717) is 21.7 Å². The lowest BCUT2D eigenvalue weighted by molar-refractivity contribution is 0.0636. The van der Waals surface area contributed by atoms with E-state index in [2.05, 4.69) is 13.8 Å². The summed E-state index contributed by atoms with van der Waals surface area (Å²) in [5, 5.41) is 0.429. The third kappa shape index (κ3) is 3.09. The van der Waals surface area contributed by atoms with Crippen LogP contribution < -0.4 is 5.73 Å². The number of carbonyl (C=O) groups excluding carboxylic acids is 1. The smallest absolute Gasteiger partial charge is 0.257 e. The summed E-state index contributed by atoms with van der Waals surface area (Å²) in [6.45, 7) is 4.58. The van der Waals surface area contributed by atoms with Crippen LogP contribution in [0.4, 0.5) is 5.69 Å². The van der Waals surface area contributed by atoms with Crippen molar-refractivity contribution in [3.63, 3.8) is 0 Å². The van der Waals surface area contributed by atoms with Crippen molar-refractivity contribution in [1.82, 2.24) is 4.90 Å². The Balaban J connectivity index is 2.14. The molecule has 0 heterocycles. The molecular weight excluding hydrogens is 272 g/mol. The van der Waals surface area contributed by atoms with Crippen LogP contribution in [0.3, 0.4) is 0 Å². The minimum absolute atomic E-state index is 0.0715. The molecule has 0 bridgehead atoms. The van der Waals surface area contributed by atoms with Crippen LogP contribution in [-0.4, -0.2) is 23.9 Å². The maximum atomic E-state index is 12.6. The van der Waals surface area contributed by atoms with Gasteiger partial charge in [0.1, 0.15) is 0 Å². The fourth-order valence-corrected chi connectivity index (χ4v) is 3.14. The van der Waals surface area contributed by atoms with Gasteiger partial charge in [-0.05, 0) is 43.2 Å². The normalized spacial score (nSPS) is 18.8. The number of nitrogens with two attached hydrogens (primary N) is 1. The Labute approximate surface area is 126 Å². The number of halogens is 1. The average molecular weight is 295 g/mol. The van der Waals surface area contributed by atoms with Gasteiger partial charge in [-0.2, -0.15) is 0 Å². The quantitative estimate of drug-likeness (QED) is 0.839. The zero-order valence-corrected chi connectivity index (χ0v) is 13.2. The van der Waals surface area contributed by atoms with Crippen molar-refractivity contribution in [3.05, 3.63) is 28.8 Å². The molecule has 1 saturated carbocycles. The molecule has 4 heteroatoms. The van der Waals surface area contributed by atoms with Crippen LogP contribution in [0.25, 0.3) is 0 Å². The van der Waals surface area contributed by atoms with Gasteiger partial charge >= 0.3 is 0 Å². The molecule has 0 atom stereocenters. The Kier molecular flexibility index (Phi) is 4.28. The summed E-state index contributed by atoms with van der Waals surface area (Å²) >= 11 is 6.13. The topological polar surface area (TPSA) is 46.3 Å². The van der Waals surface area contributed by atoms with Crippen LogP contribution in [0.1, 0.15) is 49.9 Å². The van der Waals surface area contributed by atoms with E-state index < -0.39 is 0 Å². The van der Waals surface area contributed by atoms with Crippen LogP contribution in [0.5, 0.6) is 0 Å². The van der Waals surface area contributed by atoms with Gasteiger partial charge in [0.05, 0.1) is 10.6 Å². The van der Waals surface area contributed by atoms with E-state index in [0.717, 1.165) is 25.7 Å². The fraction of sp³-hybridized carbons (Fsp3) is 0.562. The molecule has 3 nitrogen and oxygen atoms in total. The first-order chi connectivity index (χ1) is 9.32. The van der Waals surface area contributed by atoms with Crippen LogP contribution in [-0.2, 0) is 0 Å². The molecule has 0 radical (unpaired) electrons. The fourth-order valence-electron chi connectivity index (χ4n) is 2.88. The summed E-state index contributed by atoms with van der Waals surface area (Å²) in [7, 11) is 1.86. The highest BCUT2D eigenvalue weighted by atomic mass is 35.5. The molecule has 0 spiro atoms. The molecule has 1 aliphatic carbocycles. The molecule has 0 saturated heterocycles. The highest BCUT2D eigenvalue weighted by Gasteiger charge is 2.31. The number of carbonyl (C=O) groups is 1. The SMILES string of the molecule is CN(C(=O)c1c(N)cccc1Cl)C1CCC(C)(C)CC1. The zero-order valence-electron chi connectivity index (χ0n) is 12.4. The van der Waals surface area contributed by atoms with Crippen LogP contribution in [0.15, 0.2) is 18.2 Å². The largest absolute Gasteiger partial charge is 0.398 e. The minimum Gasteiger partial charge on any atom is -0.398 e. The average Bonchev–Trinajstić information content (AvgIpc) is 2.37. The summed E-state index contributed by atoms with van der Waals surface area (Å²) in [5.41, 5.74) is 7.17. The molecule has 20 heavy (non-hydrogen) atoms. The van der Waals surface area contributed by atoms with Crippen molar-refractivity contribution in [3.8, 4) is 0 Å². The number of amides is 1. The first kappa shape index (κ1) is 15.2. The third-order valence-electron chi connectivity index (χ3n) is 4.44. The maximum Gasteiger partial charge on any atom is 0.257 e. The van der Waals surface area contributed by atoms with E-state index in [4.69, 9.17) is 17.3 Å². The Bertz CT molecular complexity index is 483. The van der Waals surface area contributed by atoms with Gasteiger partial charge in [0.2, 0.25) is 0 Å². The summed E-state index contributed by atoms with van der Waals surface area (Å²) in [6.07, 6.45) is 4.37. The van der Waals surface area contributed by atoms with Gasteiger partial charge in [0.25, 0.3) is 5.91 Å². The predicted octanol–water partition coefficient (Wildman–Crippen LogP) is 3.96. The van der Waals surface area contributed by atoms with Crippen molar-refractivity contribution in [2.75, 3.05) is 12.8 Å². The predicted molar refractivity (Wildman–Crippen MR) is 84.0 cm³/mol. The van der Waals surface area contributed by atoms with E-state index in [1.165, 1.54) is 0 Å².